The highest BCUT2D eigenvalue weighted by molar-refractivity contribution is 5.95. The summed E-state index contributed by atoms with van der Waals surface area (Å²) in [5.74, 6) is -0.0100. The third-order valence-electron chi connectivity index (χ3n) is 2.76. The maximum atomic E-state index is 11.9. The van der Waals surface area contributed by atoms with Crippen LogP contribution in [0.1, 0.15) is 15.9 Å². The number of amides is 1. The average molecular weight is 220 g/mol. The van der Waals surface area contributed by atoms with Crippen LogP contribution in [-0.4, -0.2) is 41.7 Å². The molecule has 0 bridgehead atoms. The number of hydrogen-bond acceptors (Lipinski definition) is 3. The van der Waals surface area contributed by atoms with Crippen molar-refractivity contribution in [3.8, 4) is 0 Å². The Hall–Kier alpha value is -1.39. The standard InChI is InChI=1S/C12H16N2O2/c13-5-4-9-2-1-3-10(6-9)12(16)14-7-11(15)8-14/h1-3,6,11,15H,4-5,7-8,13H2. The quantitative estimate of drug-likeness (QED) is 0.753. The number of aliphatic hydroxyl groups is 1. The summed E-state index contributed by atoms with van der Waals surface area (Å²) in [5, 5.41) is 9.14. The second kappa shape index (κ2) is 4.63. The van der Waals surface area contributed by atoms with Gasteiger partial charge in [-0.15, -0.1) is 0 Å². The first-order chi connectivity index (χ1) is 7.70. The minimum atomic E-state index is -0.351. The Morgan fingerprint density at radius 3 is 2.88 bits per heavy atom. The zero-order valence-corrected chi connectivity index (χ0v) is 9.10. The fourth-order valence-electron chi connectivity index (χ4n) is 1.83. The normalized spacial score (nSPS) is 16.0. The number of aliphatic hydroxyl groups excluding tert-OH is 1. The second-order valence-electron chi connectivity index (χ2n) is 4.10. The molecule has 1 fully saturated rings. The summed E-state index contributed by atoms with van der Waals surface area (Å²) in [7, 11) is 0. The van der Waals surface area contributed by atoms with Crippen LogP contribution in [0.5, 0.6) is 0 Å². The predicted molar refractivity (Wildman–Crippen MR) is 61.1 cm³/mol. The van der Waals surface area contributed by atoms with Crippen LogP contribution in [0.2, 0.25) is 0 Å². The molecule has 0 aliphatic carbocycles. The van der Waals surface area contributed by atoms with Crippen LogP contribution in [-0.2, 0) is 6.42 Å². The first kappa shape index (κ1) is 11.1. The number of rotatable bonds is 3. The predicted octanol–water partition coefficient (Wildman–Crippen LogP) is 0.00450. The van der Waals surface area contributed by atoms with Crippen molar-refractivity contribution in [2.75, 3.05) is 19.6 Å². The molecule has 4 heteroatoms. The fraction of sp³-hybridized carbons (Fsp3) is 0.417. The molecule has 4 nitrogen and oxygen atoms in total. The number of carbonyl (C=O) groups is 1. The van der Waals surface area contributed by atoms with Gasteiger partial charge >= 0.3 is 0 Å². The van der Waals surface area contributed by atoms with Gasteiger partial charge in [0.2, 0.25) is 0 Å². The lowest BCUT2D eigenvalue weighted by Gasteiger charge is -2.35. The van der Waals surface area contributed by atoms with Crippen LogP contribution in [0.4, 0.5) is 0 Å². The Balaban J connectivity index is 2.08. The zero-order chi connectivity index (χ0) is 11.5. The van der Waals surface area contributed by atoms with Gasteiger partial charge in [0.1, 0.15) is 0 Å². The van der Waals surface area contributed by atoms with Gasteiger partial charge in [0, 0.05) is 18.7 Å². The van der Waals surface area contributed by atoms with Crippen molar-refractivity contribution >= 4 is 5.91 Å². The average Bonchev–Trinajstić information content (AvgIpc) is 2.25. The molecule has 2 rings (SSSR count). The molecule has 1 aromatic carbocycles. The molecule has 1 saturated heterocycles. The second-order valence-corrected chi connectivity index (χ2v) is 4.10. The van der Waals surface area contributed by atoms with Gasteiger partial charge in [-0.05, 0) is 30.7 Å². The van der Waals surface area contributed by atoms with Crippen LogP contribution < -0.4 is 5.73 Å². The highest BCUT2D eigenvalue weighted by Gasteiger charge is 2.29. The van der Waals surface area contributed by atoms with E-state index in [-0.39, 0.29) is 12.0 Å². The molecule has 16 heavy (non-hydrogen) atoms. The maximum absolute atomic E-state index is 11.9. The largest absolute Gasteiger partial charge is 0.389 e. The maximum Gasteiger partial charge on any atom is 0.254 e. The molecule has 1 amide bonds. The monoisotopic (exact) mass is 220 g/mol. The molecule has 0 saturated carbocycles. The van der Waals surface area contributed by atoms with E-state index in [0.717, 1.165) is 12.0 Å². The highest BCUT2D eigenvalue weighted by Crippen LogP contribution is 2.14. The molecular formula is C12H16N2O2. The molecule has 0 radical (unpaired) electrons. The van der Waals surface area contributed by atoms with E-state index in [0.29, 0.717) is 25.2 Å². The van der Waals surface area contributed by atoms with E-state index in [4.69, 9.17) is 10.8 Å². The molecule has 0 unspecified atom stereocenters. The third-order valence-corrected chi connectivity index (χ3v) is 2.76. The van der Waals surface area contributed by atoms with Crippen LogP contribution in [0.15, 0.2) is 24.3 Å². The van der Waals surface area contributed by atoms with Gasteiger partial charge in [0.25, 0.3) is 5.91 Å². The summed E-state index contributed by atoms with van der Waals surface area (Å²) in [6.45, 7) is 1.47. The lowest BCUT2D eigenvalue weighted by molar-refractivity contribution is 0.00589. The molecule has 1 aliphatic rings. The van der Waals surface area contributed by atoms with Crippen LogP contribution in [0.3, 0.4) is 0 Å². The molecule has 86 valence electrons. The molecule has 0 atom stereocenters. The lowest BCUT2D eigenvalue weighted by Crippen LogP contribution is -2.53. The smallest absolute Gasteiger partial charge is 0.254 e. The summed E-state index contributed by atoms with van der Waals surface area (Å²) in [4.78, 5) is 13.6. The van der Waals surface area contributed by atoms with Gasteiger partial charge in [-0.25, -0.2) is 0 Å². The SMILES string of the molecule is NCCc1cccc(C(=O)N2CC(O)C2)c1. The Kier molecular flexibility index (Phi) is 3.22. The van der Waals surface area contributed by atoms with Crippen molar-refractivity contribution in [1.29, 1.82) is 0 Å². The van der Waals surface area contributed by atoms with Crippen molar-refractivity contribution in [1.82, 2.24) is 4.90 Å². The first-order valence-electron chi connectivity index (χ1n) is 5.47. The molecular weight excluding hydrogens is 204 g/mol. The number of hydrogen-bond donors (Lipinski definition) is 2. The Labute approximate surface area is 94.7 Å². The minimum Gasteiger partial charge on any atom is -0.389 e. The number of benzene rings is 1. The summed E-state index contributed by atoms with van der Waals surface area (Å²) >= 11 is 0. The minimum absolute atomic E-state index is 0.0100. The molecule has 0 aromatic heterocycles. The van der Waals surface area contributed by atoms with Crippen molar-refractivity contribution in [2.45, 2.75) is 12.5 Å². The van der Waals surface area contributed by atoms with E-state index in [1.165, 1.54) is 0 Å². The first-order valence-corrected chi connectivity index (χ1v) is 5.47. The van der Waals surface area contributed by atoms with Gasteiger partial charge in [-0.3, -0.25) is 4.79 Å². The van der Waals surface area contributed by atoms with E-state index in [1.54, 1.807) is 11.0 Å². The van der Waals surface area contributed by atoms with Crippen LogP contribution in [0.25, 0.3) is 0 Å². The number of likely N-dealkylation sites (tertiary alicyclic amines) is 1. The number of nitrogens with zero attached hydrogens (tertiary/aromatic N) is 1. The summed E-state index contributed by atoms with van der Waals surface area (Å²) < 4.78 is 0. The Morgan fingerprint density at radius 2 is 2.25 bits per heavy atom. The number of carbonyl (C=O) groups excluding carboxylic acids is 1. The van der Waals surface area contributed by atoms with Gasteiger partial charge in [0.05, 0.1) is 6.10 Å². The summed E-state index contributed by atoms with van der Waals surface area (Å²) in [6.07, 6.45) is 0.431. The summed E-state index contributed by atoms with van der Waals surface area (Å²) in [6, 6.07) is 7.51. The molecule has 0 spiro atoms. The van der Waals surface area contributed by atoms with Crippen molar-refractivity contribution in [3.05, 3.63) is 35.4 Å². The van der Waals surface area contributed by atoms with Gasteiger partial charge in [0.15, 0.2) is 0 Å². The van der Waals surface area contributed by atoms with E-state index < -0.39 is 0 Å². The van der Waals surface area contributed by atoms with Gasteiger partial charge in [-0.1, -0.05) is 12.1 Å². The molecule has 1 aromatic rings. The fourth-order valence-corrected chi connectivity index (χ4v) is 1.83. The number of nitrogens with two attached hydrogens (primary N) is 1. The van der Waals surface area contributed by atoms with E-state index >= 15 is 0 Å². The van der Waals surface area contributed by atoms with Gasteiger partial charge < -0.3 is 15.7 Å². The van der Waals surface area contributed by atoms with Crippen molar-refractivity contribution in [2.24, 2.45) is 5.73 Å². The van der Waals surface area contributed by atoms with E-state index in [9.17, 15) is 4.79 Å². The third kappa shape index (κ3) is 2.23. The Bertz CT molecular complexity index is 386. The van der Waals surface area contributed by atoms with Crippen LogP contribution in [0, 0.1) is 0 Å². The van der Waals surface area contributed by atoms with E-state index in [1.807, 2.05) is 18.2 Å². The lowest BCUT2D eigenvalue weighted by atomic mass is 10.0. The van der Waals surface area contributed by atoms with Crippen molar-refractivity contribution in [3.63, 3.8) is 0 Å². The number of β-amino-alcohol motifs (C(OH)–C–C–N with tert-alkyl or cyclic N) is 1. The van der Waals surface area contributed by atoms with E-state index in [2.05, 4.69) is 0 Å². The topological polar surface area (TPSA) is 66.6 Å². The zero-order valence-electron chi connectivity index (χ0n) is 9.10. The summed E-state index contributed by atoms with van der Waals surface area (Å²) in [5.41, 5.74) is 7.23. The molecule has 1 aliphatic heterocycles. The Morgan fingerprint density at radius 1 is 1.50 bits per heavy atom. The van der Waals surface area contributed by atoms with Crippen molar-refractivity contribution < 1.29 is 9.90 Å². The highest BCUT2D eigenvalue weighted by atomic mass is 16.3. The molecule has 3 N–H and O–H groups in total. The van der Waals surface area contributed by atoms with Gasteiger partial charge in [-0.2, -0.15) is 0 Å². The molecule has 1 heterocycles. The van der Waals surface area contributed by atoms with Crippen LogP contribution >= 0.6 is 0 Å².